The van der Waals surface area contributed by atoms with Crippen molar-refractivity contribution in [2.45, 2.75) is 19.8 Å². The van der Waals surface area contributed by atoms with Crippen molar-refractivity contribution in [1.82, 2.24) is 10.3 Å². The summed E-state index contributed by atoms with van der Waals surface area (Å²) >= 11 is 6.02. The summed E-state index contributed by atoms with van der Waals surface area (Å²) in [5, 5.41) is 8.89. The van der Waals surface area contributed by atoms with Gasteiger partial charge in [0.2, 0.25) is 0 Å². The van der Waals surface area contributed by atoms with Gasteiger partial charge in [0.15, 0.2) is 0 Å². The van der Waals surface area contributed by atoms with Crippen LogP contribution >= 0.6 is 11.6 Å². The minimum atomic E-state index is 0.368. The Balaban J connectivity index is 1.80. The first-order valence-corrected chi connectivity index (χ1v) is 7.53. The standard InChI is InChI=1S/C16H20ClN3/c1-16(5-8-18-9-6-16)11-20-14-4-7-19-15-10-12(17)2-3-13(14)15/h2-4,7,10,18H,5-6,8-9,11H2,1H3,(H,19,20). The molecule has 3 nitrogen and oxygen atoms in total. The lowest BCUT2D eigenvalue weighted by molar-refractivity contribution is 0.247. The second-order valence-corrected chi connectivity index (χ2v) is 6.37. The van der Waals surface area contributed by atoms with Crippen molar-refractivity contribution in [3.05, 3.63) is 35.5 Å². The molecule has 0 saturated carbocycles. The summed E-state index contributed by atoms with van der Waals surface area (Å²) in [5.41, 5.74) is 2.46. The number of nitrogens with zero attached hydrogens (tertiary/aromatic N) is 1. The van der Waals surface area contributed by atoms with Gasteiger partial charge in [0.1, 0.15) is 0 Å². The van der Waals surface area contributed by atoms with E-state index in [1.807, 2.05) is 30.5 Å². The molecule has 0 amide bonds. The Morgan fingerprint density at radius 1 is 1.30 bits per heavy atom. The third kappa shape index (κ3) is 2.89. The fourth-order valence-corrected chi connectivity index (χ4v) is 2.96. The minimum absolute atomic E-state index is 0.368. The van der Waals surface area contributed by atoms with Crippen molar-refractivity contribution >= 4 is 28.2 Å². The molecule has 0 radical (unpaired) electrons. The second-order valence-electron chi connectivity index (χ2n) is 5.93. The number of halogens is 1. The van der Waals surface area contributed by atoms with Crippen LogP contribution in [0.1, 0.15) is 19.8 Å². The quantitative estimate of drug-likeness (QED) is 0.905. The van der Waals surface area contributed by atoms with Crippen LogP contribution in [0.5, 0.6) is 0 Å². The zero-order chi connectivity index (χ0) is 14.0. The van der Waals surface area contributed by atoms with Crippen LogP contribution in [-0.4, -0.2) is 24.6 Å². The van der Waals surface area contributed by atoms with Crippen LogP contribution in [0.25, 0.3) is 10.9 Å². The molecular weight excluding hydrogens is 270 g/mol. The average molecular weight is 290 g/mol. The van der Waals surface area contributed by atoms with E-state index in [0.717, 1.165) is 41.2 Å². The van der Waals surface area contributed by atoms with Crippen LogP contribution in [0.15, 0.2) is 30.5 Å². The summed E-state index contributed by atoms with van der Waals surface area (Å²) < 4.78 is 0. The van der Waals surface area contributed by atoms with E-state index in [1.54, 1.807) is 0 Å². The number of fused-ring (bicyclic) bond motifs is 1. The zero-order valence-corrected chi connectivity index (χ0v) is 12.5. The predicted octanol–water partition coefficient (Wildman–Crippen LogP) is 3.69. The fraction of sp³-hybridized carbons (Fsp3) is 0.438. The Morgan fingerprint density at radius 3 is 2.90 bits per heavy atom. The van der Waals surface area contributed by atoms with Crippen LogP contribution in [0.4, 0.5) is 5.69 Å². The molecule has 2 heterocycles. The van der Waals surface area contributed by atoms with Gasteiger partial charge in [-0.25, -0.2) is 0 Å². The van der Waals surface area contributed by atoms with Gasteiger partial charge in [-0.1, -0.05) is 18.5 Å². The Bertz CT molecular complexity index is 606. The summed E-state index contributed by atoms with van der Waals surface area (Å²) in [6, 6.07) is 7.91. The lowest BCUT2D eigenvalue weighted by Gasteiger charge is -2.34. The van der Waals surface area contributed by atoms with Gasteiger partial charge in [0, 0.05) is 28.8 Å². The van der Waals surface area contributed by atoms with Gasteiger partial charge < -0.3 is 10.6 Å². The highest BCUT2D eigenvalue weighted by molar-refractivity contribution is 6.31. The van der Waals surface area contributed by atoms with E-state index < -0.39 is 0 Å². The van der Waals surface area contributed by atoms with Crippen LogP contribution in [-0.2, 0) is 0 Å². The number of piperidine rings is 1. The predicted molar refractivity (Wildman–Crippen MR) is 85.5 cm³/mol. The van der Waals surface area contributed by atoms with Crippen LogP contribution < -0.4 is 10.6 Å². The zero-order valence-electron chi connectivity index (χ0n) is 11.7. The molecule has 0 bridgehead atoms. The Labute approximate surface area is 124 Å². The molecule has 3 rings (SSSR count). The Hall–Kier alpha value is -1.32. The highest BCUT2D eigenvalue weighted by Crippen LogP contribution is 2.30. The Morgan fingerprint density at radius 2 is 2.10 bits per heavy atom. The maximum absolute atomic E-state index is 6.02. The number of benzene rings is 1. The summed E-state index contributed by atoms with van der Waals surface area (Å²) in [7, 11) is 0. The molecule has 0 spiro atoms. The van der Waals surface area contributed by atoms with Gasteiger partial charge in [0.25, 0.3) is 0 Å². The summed E-state index contributed by atoms with van der Waals surface area (Å²) in [6.45, 7) is 5.59. The molecule has 0 unspecified atom stereocenters. The first-order valence-electron chi connectivity index (χ1n) is 7.15. The van der Waals surface area contributed by atoms with E-state index in [9.17, 15) is 0 Å². The van der Waals surface area contributed by atoms with Crippen molar-refractivity contribution in [2.75, 3.05) is 25.0 Å². The smallest absolute Gasteiger partial charge is 0.0737 e. The van der Waals surface area contributed by atoms with Gasteiger partial charge in [-0.15, -0.1) is 0 Å². The number of hydrogen-bond acceptors (Lipinski definition) is 3. The SMILES string of the molecule is CC1(CNc2ccnc3cc(Cl)ccc23)CCNCC1. The number of anilines is 1. The molecule has 1 saturated heterocycles. The van der Waals surface area contributed by atoms with Crippen molar-refractivity contribution in [1.29, 1.82) is 0 Å². The first-order chi connectivity index (χ1) is 9.66. The number of nitrogens with one attached hydrogen (secondary N) is 2. The number of aromatic nitrogens is 1. The van der Waals surface area contributed by atoms with Gasteiger partial charge in [-0.3, -0.25) is 4.98 Å². The molecule has 1 aromatic heterocycles. The van der Waals surface area contributed by atoms with Crippen LogP contribution in [0, 0.1) is 5.41 Å². The van der Waals surface area contributed by atoms with Crippen molar-refractivity contribution < 1.29 is 0 Å². The molecular formula is C16H20ClN3. The molecule has 1 aromatic carbocycles. The molecule has 1 fully saturated rings. The maximum atomic E-state index is 6.02. The normalized spacial score (nSPS) is 18.1. The third-order valence-corrected chi connectivity index (χ3v) is 4.46. The van der Waals surface area contributed by atoms with Gasteiger partial charge >= 0.3 is 0 Å². The first kappa shape index (κ1) is 13.7. The topological polar surface area (TPSA) is 37.0 Å². The largest absolute Gasteiger partial charge is 0.384 e. The lowest BCUT2D eigenvalue weighted by atomic mass is 9.81. The summed E-state index contributed by atoms with van der Waals surface area (Å²) in [4.78, 5) is 4.38. The molecule has 20 heavy (non-hydrogen) atoms. The highest BCUT2D eigenvalue weighted by atomic mass is 35.5. The van der Waals surface area contributed by atoms with E-state index in [-0.39, 0.29) is 0 Å². The monoisotopic (exact) mass is 289 g/mol. The number of hydrogen-bond donors (Lipinski definition) is 2. The van der Waals surface area contributed by atoms with E-state index in [4.69, 9.17) is 11.6 Å². The molecule has 2 N–H and O–H groups in total. The maximum Gasteiger partial charge on any atom is 0.0737 e. The van der Waals surface area contributed by atoms with Gasteiger partial charge in [-0.2, -0.15) is 0 Å². The summed E-state index contributed by atoms with van der Waals surface area (Å²) in [6.07, 6.45) is 4.27. The van der Waals surface area contributed by atoms with E-state index in [1.165, 1.54) is 12.8 Å². The molecule has 1 aliphatic heterocycles. The Kier molecular flexibility index (Phi) is 3.81. The number of rotatable bonds is 3. The number of pyridine rings is 1. The highest BCUT2D eigenvalue weighted by Gasteiger charge is 2.26. The molecule has 0 atom stereocenters. The fourth-order valence-electron chi connectivity index (χ4n) is 2.79. The molecule has 2 aromatic rings. The van der Waals surface area contributed by atoms with Gasteiger partial charge in [0.05, 0.1) is 5.52 Å². The molecule has 4 heteroatoms. The summed E-state index contributed by atoms with van der Waals surface area (Å²) in [5.74, 6) is 0. The molecule has 1 aliphatic rings. The minimum Gasteiger partial charge on any atom is -0.384 e. The van der Waals surface area contributed by atoms with Crippen LogP contribution in [0.3, 0.4) is 0 Å². The van der Waals surface area contributed by atoms with Crippen LogP contribution in [0.2, 0.25) is 5.02 Å². The van der Waals surface area contributed by atoms with Crippen molar-refractivity contribution in [3.63, 3.8) is 0 Å². The van der Waals surface area contributed by atoms with E-state index >= 15 is 0 Å². The van der Waals surface area contributed by atoms with E-state index in [2.05, 4.69) is 22.5 Å². The van der Waals surface area contributed by atoms with E-state index in [0.29, 0.717) is 5.41 Å². The second kappa shape index (κ2) is 5.58. The molecule has 0 aliphatic carbocycles. The van der Waals surface area contributed by atoms with Crippen molar-refractivity contribution in [3.8, 4) is 0 Å². The lowest BCUT2D eigenvalue weighted by Crippen LogP contribution is -2.39. The van der Waals surface area contributed by atoms with Crippen molar-refractivity contribution in [2.24, 2.45) is 5.41 Å². The average Bonchev–Trinajstić information content (AvgIpc) is 2.45. The van der Waals surface area contributed by atoms with Gasteiger partial charge in [-0.05, 0) is 55.6 Å². The third-order valence-electron chi connectivity index (χ3n) is 4.22. The molecule has 106 valence electrons.